The average Bonchev–Trinajstić information content (AvgIpc) is 2.86. The molecule has 206 valence electrons. The Hall–Kier alpha value is -4.09. The summed E-state index contributed by atoms with van der Waals surface area (Å²) in [6, 6.07) is 19.5. The highest BCUT2D eigenvalue weighted by Gasteiger charge is 2.36. The number of nitrogens with one attached hydrogen (secondary N) is 3. The second-order valence-electron chi connectivity index (χ2n) is 9.65. The maximum Gasteiger partial charge on any atom is 0.274 e. The Balaban J connectivity index is 1.93. The van der Waals surface area contributed by atoms with Gasteiger partial charge in [0.05, 0.1) is 44.9 Å². The summed E-state index contributed by atoms with van der Waals surface area (Å²) in [4.78, 5) is 40.2. The SMILES string of the molecule is CN(C(=O)c1ccccc1NS(C)(=O)=O)N(C(=O)c1cccc(C(=O)NNc2ccccc2)c1Cl)C(C)(C)C. The highest BCUT2D eigenvalue weighted by molar-refractivity contribution is 7.92. The molecule has 0 aliphatic rings. The molecule has 10 nitrogen and oxygen atoms in total. The minimum absolute atomic E-state index is 0.00106. The topological polar surface area (TPSA) is 128 Å². The molecule has 0 aliphatic heterocycles. The Morgan fingerprint density at radius 1 is 0.795 bits per heavy atom. The lowest BCUT2D eigenvalue weighted by Gasteiger charge is -2.42. The fourth-order valence-corrected chi connectivity index (χ4v) is 4.69. The molecule has 0 saturated heterocycles. The van der Waals surface area contributed by atoms with E-state index in [1.165, 1.54) is 42.4 Å². The molecule has 39 heavy (non-hydrogen) atoms. The number of carbonyl (C=O) groups is 3. The van der Waals surface area contributed by atoms with Gasteiger partial charge in [0.25, 0.3) is 17.7 Å². The van der Waals surface area contributed by atoms with E-state index in [2.05, 4.69) is 15.6 Å². The van der Waals surface area contributed by atoms with Gasteiger partial charge in [-0.3, -0.25) is 30.0 Å². The van der Waals surface area contributed by atoms with Crippen LogP contribution in [0.25, 0.3) is 0 Å². The van der Waals surface area contributed by atoms with Crippen molar-refractivity contribution in [3.8, 4) is 0 Å². The summed E-state index contributed by atoms with van der Waals surface area (Å²) in [5.74, 6) is -1.84. The molecule has 3 amide bonds. The summed E-state index contributed by atoms with van der Waals surface area (Å²) >= 11 is 6.56. The zero-order valence-corrected chi connectivity index (χ0v) is 23.7. The van der Waals surface area contributed by atoms with Crippen LogP contribution < -0.4 is 15.6 Å². The molecule has 0 heterocycles. The number of benzene rings is 3. The van der Waals surface area contributed by atoms with Crippen molar-refractivity contribution >= 4 is 50.7 Å². The van der Waals surface area contributed by atoms with Gasteiger partial charge in [0.1, 0.15) is 0 Å². The van der Waals surface area contributed by atoms with Crippen molar-refractivity contribution in [2.24, 2.45) is 0 Å². The number of hydrogen-bond acceptors (Lipinski definition) is 6. The second kappa shape index (κ2) is 11.7. The van der Waals surface area contributed by atoms with Crippen LogP contribution in [0.15, 0.2) is 72.8 Å². The lowest BCUT2D eigenvalue weighted by atomic mass is 10.0. The van der Waals surface area contributed by atoms with E-state index in [0.29, 0.717) is 5.69 Å². The van der Waals surface area contributed by atoms with Gasteiger partial charge in [-0.1, -0.05) is 48.0 Å². The third-order valence-electron chi connectivity index (χ3n) is 5.44. The first kappa shape index (κ1) is 29.5. The normalized spacial score (nSPS) is 11.3. The zero-order chi connectivity index (χ0) is 29.0. The number of sulfonamides is 1. The number of amides is 3. The van der Waals surface area contributed by atoms with E-state index in [0.717, 1.165) is 11.3 Å². The van der Waals surface area contributed by atoms with Gasteiger partial charge in [-0.15, -0.1) is 0 Å². The van der Waals surface area contributed by atoms with Crippen LogP contribution in [0.1, 0.15) is 51.8 Å². The fraction of sp³-hybridized carbons (Fsp3) is 0.222. The zero-order valence-electron chi connectivity index (χ0n) is 22.2. The maximum absolute atomic E-state index is 13.8. The first-order chi connectivity index (χ1) is 18.2. The van der Waals surface area contributed by atoms with Crippen LogP contribution in [0.5, 0.6) is 0 Å². The molecule has 0 unspecified atom stereocenters. The molecule has 0 atom stereocenters. The number of hydrazine groups is 2. The van der Waals surface area contributed by atoms with Gasteiger partial charge in [0, 0.05) is 7.05 Å². The van der Waals surface area contributed by atoms with Crippen molar-refractivity contribution in [1.82, 2.24) is 15.4 Å². The Morgan fingerprint density at radius 2 is 1.36 bits per heavy atom. The Kier molecular flexibility index (Phi) is 8.88. The van der Waals surface area contributed by atoms with Crippen molar-refractivity contribution in [2.75, 3.05) is 23.5 Å². The molecule has 0 aliphatic carbocycles. The number of para-hydroxylation sites is 2. The highest BCUT2D eigenvalue weighted by atomic mass is 35.5. The molecule has 0 bridgehead atoms. The second-order valence-corrected chi connectivity index (χ2v) is 11.8. The van der Waals surface area contributed by atoms with Crippen molar-refractivity contribution < 1.29 is 22.8 Å². The summed E-state index contributed by atoms with van der Waals surface area (Å²) in [6.07, 6.45) is 0.976. The highest BCUT2D eigenvalue weighted by Crippen LogP contribution is 2.28. The van der Waals surface area contributed by atoms with Gasteiger partial charge in [0.15, 0.2) is 0 Å². The van der Waals surface area contributed by atoms with Gasteiger partial charge in [-0.2, -0.15) is 0 Å². The molecule has 0 radical (unpaired) electrons. The molecular weight excluding hydrogens is 542 g/mol. The molecule has 0 saturated carbocycles. The average molecular weight is 572 g/mol. The van der Waals surface area contributed by atoms with Crippen LogP contribution in [-0.2, 0) is 10.0 Å². The first-order valence-corrected chi connectivity index (χ1v) is 14.1. The predicted octanol–water partition coefficient (Wildman–Crippen LogP) is 4.40. The van der Waals surface area contributed by atoms with Crippen LogP contribution in [0.3, 0.4) is 0 Å². The summed E-state index contributed by atoms with van der Waals surface area (Å²) in [7, 11) is -2.27. The van der Waals surface area contributed by atoms with E-state index in [1.807, 2.05) is 6.07 Å². The van der Waals surface area contributed by atoms with E-state index in [4.69, 9.17) is 11.6 Å². The Morgan fingerprint density at radius 3 is 1.97 bits per heavy atom. The quantitative estimate of drug-likeness (QED) is 0.361. The molecule has 0 fully saturated rings. The number of nitrogens with zero attached hydrogens (tertiary/aromatic N) is 2. The van der Waals surface area contributed by atoms with Gasteiger partial charge in [-0.25, -0.2) is 18.4 Å². The lowest BCUT2D eigenvalue weighted by molar-refractivity contribution is -0.0307. The number of halogens is 1. The minimum Gasteiger partial charge on any atom is -0.298 e. The molecule has 3 aromatic rings. The number of rotatable bonds is 7. The number of hydrogen-bond donors (Lipinski definition) is 3. The van der Waals surface area contributed by atoms with E-state index >= 15 is 0 Å². The monoisotopic (exact) mass is 571 g/mol. The third kappa shape index (κ3) is 7.27. The molecule has 0 spiro atoms. The minimum atomic E-state index is -3.67. The Bertz CT molecular complexity index is 1490. The largest absolute Gasteiger partial charge is 0.298 e. The van der Waals surface area contributed by atoms with Crippen molar-refractivity contribution in [3.63, 3.8) is 0 Å². The molecule has 3 aromatic carbocycles. The van der Waals surface area contributed by atoms with E-state index in [1.54, 1.807) is 57.2 Å². The molecule has 0 aromatic heterocycles. The summed E-state index contributed by atoms with van der Waals surface area (Å²) in [6.45, 7) is 5.18. The van der Waals surface area contributed by atoms with E-state index < -0.39 is 33.3 Å². The first-order valence-electron chi connectivity index (χ1n) is 11.8. The summed E-state index contributed by atoms with van der Waals surface area (Å²) < 4.78 is 26.0. The maximum atomic E-state index is 13.8. The molecule has 3 rings (SSSR count). The van der Waals surface area contributed by atoms with Gasteiger partial charge >= 0.3 is 0 Å². The van der Waals surface area contributed by atoms with Crippen molar-refractivity contribution in [2.45, 2.75) is 26.3 Å². The van der Waals surface area contributed by atoms with Gasteiger partial charge in [0.2, 0.25) is 10.0 Å². The standard InChI is InChI=1S/C27H30ClN5O5S/c1-27(2,3)33(32(4)25(35)19-14-9-10-17-22(19)31-39(5,37)38)26(36)21-16-11-15-20(23(21)28)24(34)30-29-18-12-7-6-8-13-18/h6-17,29,31H,1-5H3,(H,30,34). The van der Waals surface area contributed by atoms with Crippen molar-refractivity contribution in [1.29, 1.82) is 0 Å². The molecule has 12 heteroatoms. The van der Waals surface area contributed by atoms with Crippen LogP contribution in [0, 0.1) is 0 Å². The Labute approximate surface area is 232 Å². The van der Waals surface area contributed by atoms with Crippen molar-refractivity contribution in [3.05, 3.63) is 94.5 Å². The van der Waals surface area contributed by atoms with Crippen LogP contribution >= 0.6 is 11.6 Å². The predicted molar refractivity (Wildman–Crippen MR) is 152 cm³/mol. The third-order valence-corrected chi connectivity index (χ3v) is 6.44. The number of carbonyl (C=O) groups excluding carboxylic acids is 3. The van der Waals surface area contributed by atoms with Crippen LogP contribution in [0.4, 0.5) is 11.4 Å². The van der Waals surface area contributed by atoms with Crippen LogP contribution in [-0.4, -0.2) is 55.0 Å². The number of anilines is 2. The van der Waals surface area contributed by atoms with E-state index in [9.17, 15) is 22.8 Å². The fourth-order valence-electron chi connectivity index (χ4n) is 3.82. The van der Waals surface area contributed by atoms with Crippen LogP contribution in [0.2, 0.25) is 5.02 Å². The van der Waals surface area contributed by atoms with Gasteiger partial charge < -0.3 is 0 Å². The molecule has 3 N–H and O–H groups in total. The summed E-state index contributed by atoms with van der Waals surface area (Å²) in [5.41, 5.74) is 5.23. The lowest BCUT2D eigenvalue weighted by Crippen LogP contribution is -2.56. The summed E-state index contributed by atoms with van der Waals surface area (Å²) in [5, 5.41) is 2.21. The van der Waals surface area contributed by atoms with E-state index in [-0.39, 0.29) is 27.4 Å². The molecular formula is C27H30ClN5O5S. The smallest absolute Gasteiger partial charge is 0.274 e. The van der Waals surface area contributed by atoms with Gasteiger partial charge in [-0.05, 0) is 57.2 Å².